The predicted octanol–water partition coefficient (Wildman–Crippen LogP) is 3.94. The van der Waals surface area contributed by atoms with Gasteiger partial charge in [-0.2, -0.15) is 13.2 Å². The number of halogens is 3. The summed E-state index contributed by atoms with van der Waals surface area (Å²) < 4.78 is 43.3. The van der Waals surface area contributed by atoms with Crippen LogP contribution in [0.25, 0.3) is 0 Å². The lowest BCUT2D eigenvalue weighted by Crippen LogP contribution is -2.49. The Labute approximate surface area is 171 Å². The molecule has 0 unspecified atom stereocenters. The van der Waals surface area contributed by atoms with E-state index in [1.165, 1.54) is 17.8 Å². The summed E-state index contributed by atoms with van der Waals surface area (Å²) in [7, 11) is 0. The number of pyridine rings is 1. The second kappa shape index (κ2) is 9.39. The van der Waals surface area contributed by atoms with Gasteiger partial charge in [0, 0.05) is 37.3 Å². The molecule has 2 aromatic rings. The number of hydrogen-bond donors (Lipinski definition) is 0. The predicted molar refractivity (Wildman–Crippen MR) is 106 cm³/mol. The third kappa shape index (κ3) is 5.79. The Morgan fingerprint density at radius 3 is 2.34 bits per heavy atom. The number of anilines is 1. The molecule has 0 atom stereocenters. The van der Waals surface area contributed by atoms with Crippen molar-refractivity contribution in [3.05, 3.63) is 48.2 Å². The molecular weight excluding hydrogens is 403 g/mol. The first-order chi connectivity index (χ1) is 13.9. The van der Waals surface area contributed by atoms with Gasteiger partial charge < -0.3 is 14.5 Å². The minimum atomic E-state index is -4.39. The van der Waals surface area contributed by atoms with E-state index < -0.39 is 11.7 Å². The highest BCUT2D eigenvalue weighted by molar-refractivity contribution is 8.00. The molecule has 0 radical (unpaired) electrons. The first-order valence-electron chi connectivity index (χ1n) is 9.28. The monoisotopic (exact) mass is 425 g/mol. The summed E-state index contributed by atoms with van der Waals surface area (Å²) in [6, 6.07) is 10.0. The highest BCUT2D eigenvalue weighted by atomic mass is 32.2. The third-order valence-corrected chi connectivity index (χ3v) is 5.53. The number of carbonyl (C=O) groups is 1. The molecule has 1 aliphatic rings. The van der Waals surface area contributed by atoms with Gasteiger partial charge in [-0.05, 0) is 43.3 Å². The van der Waals surface area contributed by atoms with Crippen LogP contribution in [0.1, 0.15) is 12.5 Å². The number of thioether (sulfide) groups is 1. The Balaban J connectivity index is 1.46. The van der Waals surface area contributed by atoms with Crippen molar-refractivity contribution in [2.75, 3.05) is 43.4 Å². The molecule has 3 rings (SSSR count). The molecule has 1 aliphatic heterocycles. The number of hydrogen-bond acceptors (Lipinski definition) is 5. The molecule has 1 aromatic carbocycles. The van der Waals surface area contributed by atoms with E-state index >= 15 is 0 Å². The maximum Gasteiger partial charge on any atom is 0.417 e. The fourth-order valence-corrected chi connectivity index (χ4v) is 3.76. The van der Waals surface area contributed by atoms with Gasteiger partial charge in [0.1, 0.15) is 11.6 Å². The van der Waals surface area contributed by atoms with Crippen LogP contribution in [0.4, 0.5) is 19.0 Å². The van der Waals surface area contributed by atoms with Crippen LogP contribution in [0.3, 0.4) is 0 Å². The zero-order chi connectivity index (χ0) is 20.9. The molecule has 1 aromatic heterocycles. The number of benzene rings is 1. The van der Waals surface area contributed by atoms with Crippen LogP contribution in [-0.2, 0) is 11.0 Å². The minimum Gasteiger partial charge on any atom is -0.494 e. The van der Waals surface area contributed by atoms with Crippen molar-refractivity contribution in [2.45, 2.75) is 18.0 Å². The van der Waals surface area contributed by atoms with Gasteiger partial charge in [0.15, 0.2) is 0 Å². The molecule has 29 heavy (non-hydrogen) atoms. The summed E-state index contributed by atoms with van der Waals surface area (Å²) >= 11 is 1.47. The summed E-state index contributed by atoms with van der Waals surface area (Å²) in [6.07, 6.45) is -3.54. The lowest BCUT2D eigenvalue weighted by atomic mass is 10.2. The number of amides is 1. The molecule has 5 nitrogen and oxygen atoms in total. The van der Waals surface area contributed by atoms with Crippen LogP contribution in [0.15, 0.2) is 47.5 Å². The molecule has 1 fully saturated rings. The molecule has 0 saturated carbocycles. The highest BCUT2D eigenvalue weighted by Crippen LogP contribution is 2.29. The quantitative estimate of drug-likeness (QED) is 0.656. The van der Waals surface area contributed by atoms with Crippen molar-refractivity contribution in [2.24, 2.45) is 0 Å². The van der Waals surface area contributed by atoms with Gasteiger partial charge in [-0.3, -0.25) is 4.79 Å². The smallest absolute Gasteiger partial charge is 0.417 e. The van der Waals surface area contributed by atoms with E-state index in [9.17, 15) is 18.0 Å². The van der Waals surface area contributed by atoms with Gasteiger partial charge in [-0.15, -0.1) is 11.8 Å². The molecule has 0 bridgehead atoms. The van der Waals surface area contributed by atoms with Gasteiger partial charge in [-0.1, -0.05) is 0 Å². The van der Waals surface area contributed by atoms with E-state index in [0.717, 1.165) is 22.9 Å². The lowest BCUT2D eigenvalue weighted by molar-refractivity contribution is -0.137. The average Bonchev–Trinajstić information content (AvgIpc) is 2.73. The van der Waals surface area contributed by atoms with Crippen LogP contribution >= 0.6 is 11.8 Å². The molecule has 0 spiro atoms. The van der Waals surface area contributed by atoms with E-state index in [0.29, 0.717) is 44.4 Å². The number of aromatic nitrogens is 1. The topological polar surface area (TPSA) is 45.7 Å². The normalized spacial score (nSPS) is 14.8. The van der Waals surface area contributed by atoms with Crippen molar-refractivity contribution in [1.82, 2.24) is 9.88 Å². The summed E-state index contributed by atoms with van der Waals surface area (Å²) in [4.78, 5) is 21.1. The van der Waals surface area contributed by atoms with Crippen LogP contribution in [0, 0.1) is 0 Å². The van der Waals surface area contributed by atoms with E-state index in [1.54, 1.807) is 4.90 Å². The largest absolute Gasteiger partial charge is 0.494 e. The number of nitrogens with zero attached hydrogens (tertiary/aromatic N) is 3. The van der Waals surface area contributed by atoms with Gasteiger partial charge in [0.25, 0.3) is 0 Å². The van der Waals surface area contributed by atoms with E-state index in [-0.39, 0.29) is 5.91 Å². The Morgan fingerprint density at radius 1 is 1.10 bits per heavy atom. The molecule has 0 N–H and O–H groups in total. The van der Waals surface area contributed by atoms with Crippen molar-refractivity contribution in [3.63, 3.8) is 0 Å². The summed E-state index contributed by atoms with van der Waals surface area (Å²) in [5.74, 6) is 1.68. The fraction of sp³-hybridized carbons (Fsp3) is 0.400. The Bertz CT molecular complexity index is 805. The zero-order valence-electron chi connectivity index (χ0n) is 16.0. The lowest BCUT2D eigenvalue weighted by Gasteiger charge is -2.35. The Hall–Kier alpha value is -2.42. The number of piperazine rings is 1. The van der Waals surface area contributed by atoms with E-state index in [4.69, 9.17) is 4.74 Å². The van der Waals surface area contributed by atoms with Gasteiger partial charge >= 0.3 is 6.18 Å². The first-order valence-corrected chi connectivity index (χ1v) is 10.3. The van der Waals surface area contributed by atoms with E-state index in [1.807, 2.05) is 36.1 Å². The molecule has 156 valence electrons. The van der Waals surface area contributed by atoms with Gasteiger partial charge in [0.05, 0.1) is 17.9 Å². The summed E-state index contributed by atoms with van der Waals surface area (Å²) in [5, 5.41) is 0. The van der Waals surface area contributed by atoms with Crippen LogP contribution in [0.2, 0.25) is 0 Å². The van der Waals surface area contributed by atoms with Crippen LogP contribution < -0.4 is 9.64 Å². The van der Waals surface area contributed by atoms with Crippen molar-refractivity contribution in [3.8, 4) is 5.75 Å². The molecule has 9 heteroatoms. The van der Waals surface area contributed by atoms with Crippen molar-refractivity contribution < 1.29 is 22.7 Å². The fourth-order valence-electron chi connectivity index (χ4n) is 2.96. The number of alkyl halides is 3. The summed E-state index contributed by atoms with van der Waals surface area (Å²) in [5.41, 5.74) is -0.763. The zero-order valence-corrected chi connectivity index (χ0v) is 16.8. The van der Waals surface area contributed by atoms with E-state index in [2.05, 4.69) is 4.98 Å². The number of ether oxygens (including phenoxy) is 1. The minimum absolute atomic E-state index is 0.0453. The molecule has 2 heterocycles. The first kappa shape index (κ1) is 21.3. The number of rotatable bonds is 6. The standard InChI is InChI=1S/C20H22F3N3O2S/c1-2-28-16-4-6-17(7-5-16)29-14-19(27)26-11-9-25(10-12-26)18-8-3-15(13-24-18)20(21,22)23/h3-8,13H,2,9-12,14H2,1H3. The SMILES string of the molecule is CCOc1ccc(SCC(=O)N2CCN(c3ccc(C(F)(F)F)cn3)CC2)cc1. The molecule has 1 saturated heterocycles. The maximum atomic E-state index is 12.6. The Morgan fingerprint density at radius 2 is 1.79 bits per heavy atom. The second-order valence-electron chi connectivity index (χ2n) is 6.46. The molecule has 1 amide bonds. The Kier molecular flexibility index (Phi) is 6.89. The highest BCUT2D eigenvalue weighted by Gasteiger charge is 2.31. The average molecular weight is 425 g/mol. The number of carbonyl (C=O) groups excluding carboxylic acids is 1. The third-order valence-electron chi connectivity index (χ3n) is 4.53. The molecular formula is C20H22F3N3O2S. The van der Waals surface area contributed by atoms with Gasteiger partial charge in [-0.25, -0.2) is 4.98 Å². The van der Waals surface area contributed by atoms with Crippen LogP contribution in [0.5, 0.6) is 5.75 Å². The van der Waals surface area contributed by atoms with Crippen molar-refractivity contribution in [1.29, 1.82) is 0 Å². The summed E-state index contributed by atoms with van der Waals surface area (Å²) in [6.45, 7) is 4.65. The second-order valence-corrected chi connectivity index (χ2v) is 7.51. The van der Waals surface area contributed by atoms with Gasteiger partial charge in [0.2, 0.25) is 5.91 Å². The van der Waals surface area contributed by atoms with Crippen LogP contribution in [-0.4, -0.2) is 54.3 Å². The molecule has 0 aliphatic carbocycles. The maximum absolute atomic E-state index is 12.6. The van der Waals surface area contributed by atoms with Crippen molar-refractivity contribution >= 4 is 23.5 Å².